The molecule has 298 valence electrons. The van der Waals surface area contributed by atoms with Crippen LogP contribution in [-0.2, 0) is 33.2 Å². The molecule has 17 atom stereocenters. The maximum atomic E-state index is 14.2. The minimum absolute atomic E-state index is 0.0168. The van der Waals surface area contributed by atoms with Crippen molar-refractivity contribution < 1.29 is 63.9 Å². The van der Waals surface area contributed by atoms with E-state index < -0.39 is 91.1 Å². The first-order chi connectivity index (χ1) is 25.1. The number of hydrogen-bond donors (Lipinski definition) is 6. The Labute approximate surface area is 312 Å². The summed E-state index contributed by atoms with van der Waals surface area (Å²) in [5.74, 6) is -2.49. The predicted molar refractivity (Wildman–Crippen MR) is 191 cm³/mol. The van der Waals surface area contributed by atoms with Gasteiger partial charge in [0.25, 0.3) is 0 Å². The fourth-order valence-corrected chi connectivity index (χ4v) is 9.10. The summed E-state index contributed by atoms with van der Waals surface area (Å²) >= 11 is 0. The second-order valence-electron chi connectivity index (χ2n) is 16.4. The van der Waals surface area contributed by atoms with Crippen LogP contribution in [0, 0.1) is 23.7 Å². The smallest absolute Gasteiger partial charge is 0.316 e. The van der Waals surface area contributed by atoms with Crippen LogP contribution < -0.4 is 0 Å². The third-order valence-electron chi connectivity index (χ3n) is 12.6. The van der Waals surface area contributed by atoms with Crippen LogP contribution in [0.2, 0.25) is 0 Å². The van der Waals surface area contributed by atoms with Crippen molar-refractivity contribution in [1.82, 2.24) is 0 Å². The van der Waals surface area contributed by atoms with Gasteiger partial charge in [0, 0.05) is 25.2 Å². The summed E-state index contributed by atoms with van der Waals surface area (Å²) in [5, 5.41) is 64.9. The molecule has 5 aliphatic heterocycles. The quantitative estimate of drug-likeness (QED) is 0.178. The number of fused-ring (bicyclic) bond motifs is 2. The van der Waals surface area contributed by atoms with Gasteiger partial charge in [-0.2, -0.15) is 0 Å². The fraction of sp³-hybridized carbons (Fsp3) is 0.775. The van der Waals surface area contributed by atoms with Crippen LogP contribution in [0.15, 0.2) is 47.1 Å². The molecule has 1 aliphatic carbocycles. The summed E-state index contributed by atoms with van der Waals surface area (Å²) < 4.78 is 38.1. The molecule has 0 radical (unpaired) electrons. The van der Waals surface area contributed by atoms with E-state index in [1.807, 2.05) is 26.0 Å². The van der Waals surface area contributed by atoms with Gasteiger partial charge in [-0.05, 0) is 55.2 Å². The Kier molecular flexibility index (Phi) is 12.4. The van der Waals surface area contributed by atoms with Crippen molar-refractivity contribution in [1.29, 1.82) is 0 Å². The first-order valence-corrected chi connectivity index (χ1v) is 19.4. The Hall–Kier alpha value is -2.01. The lowest BCUT2D eigenvalue weighted by molar-refractivity contribution is -0.340. The molecule has 53 heavy (non-hydrogen) atoms. The summed E-state index contributed by atoms with van der Waals surface area (Å²) in [4.78, 5) is 14.2. The van der Waals surface area contributed by atoms with Crippen LogP contribution in [0.5, 0.6) is 0 Å². The van der Waals surface area contributed by atoms with Gasteiger partial charge in [-0.15, -0.1) is 0 Å². The van der Waals surface area contributed by atoms with Crippen molar-refractivity contribution >= 4 is 5.97 Å². The second-order valence-corrected chi connectivity index (χ2v) is 16.4. The molecule has 0 aromatic carbocycles. The standard InChI is InChI=1S/C40H60O13/c1-7-20(2)35-23(5)13-14-39(53-35)17-27-16-26(52-39)12-11-22(4)34(51-38-33(45)32(44)31(43)29(18-41)50-38)21(3)9-8-10-25-19-48-36-30(42)24(6)15-28(37(46)49-27)40(25,36)47/h8-11,15,20-21,23,26-36,38,41-45,47H,7,12-14,16-19H2,1-6H3/b9-8+,22-11+,25-10+/t20-,21-,23-,26+,27-,28?,29?,30?,31?,32?,33?,34-,35+,36+,38?,39+,40+/m0/s1. The summed E-state index contributed by atoms with van der Waals surface area (Å²) in [6, 6.07) is 0. The lowest BCUT2D eigenvalue weighted by Crippen LogP contribution is -2.60. The Balaban J connectivity index is 1.39. The number of hydrogen-bond acceptors (Lipinski definition) is 13. The molecule has 4 saturated heterocycles. The highest BCUT2D eigenvalue weighted by molar-refractivity contribution is 5.78. The molecule has 4 fully saturated rings. The zero-order valence-electron chi connectivity index (χ0n) is 31.7. The molecule has 0 amide bonds. The average molecular weight is 749 g/mol. The number of carbonyl (C=O) groups excluding carboxylic acids is 1. The molecular formula is C40H60O13. The minimum Gasteiger partial charge on any atom is -0.462 e. The van der Waals surface area contributed by atoms with E-state index in [1.54, 1.807) is 25.2 Å². The van der Waals surface area contributed by atoms with Gasteiger partial charge in [-0.1, -0.05) is 64.5 Å². The molecule has 7 unspecified atom stereocenters. The number of allylic oxidation sites excluding steroid dienone is 2. The predicted octanol–water partition coefficient (Wildman–Crippen LogP) is 2.36. The van der Waals surface area contributed by atoms with Gasteiger partial charge < -0.3 is 59.1 Å². The molecule has 0 saturated carbocycles. The van der Waals surface area contributed by atoms with Gasteiger partial charge in [0.15, 0.2) is 12.1 Å². The number of ether oxygens (including phenoxy) is 6. The van der Waals surface area contributed by atoms with E-state index in [2.05, 4.69) is 20.8 Å². The van der Waals surface area contributed by atoms with E-state index >= 15 is 0 Å². The zero-order valence-corrected chi connectivity index (χ0v) is 31.7. The summed E-state index contributed by atoms with van der Waals surface area (Å²) in [7, 11) is 0. The van der Waals surface area contributed by atoms with Crippen LogP contribution in [0.25, 0.3) is 0 Å². The number of carbonyl (C=O) groups is 1. The van der Waals surface area contributed by atoms with Crippen LogP contribution in [0.4, 0.5) is 0 Å². The topological polar surface area (TPSA) is 194 Å². The van der Waals surface area contributed by atoms with Crippen molar-refractivity contribution in [3.8, 4) is 0 Å². The molecule has 13 nitrogen and oxygen atoms in total. The van der Waals surface area contributed by atoms with Crippen molar-refractivity contribution in [2.45, 2.75) is 159 Å². The Bertz CT molecular complexity index is 1440. The van der Waals surface area contributed by atoms with Crippen LogP contribution in [0.1, 0.15) is 80.1 Å². The number of rotatable bonds is 5. The zero-order chi connectivity index (χ0) is 38.4. The summed E-state index contributed by atoms with van der Waals surface area (Å²) in [6.45, 7) is 11.4. The third-order valence-corrected chi connectivity index (χ3v) is 12.6. The second kappa shape index (κ2) is 16.2. The van der Waals surface area contributed by atoms with Crippen molar-refractivity contribution in [3.63, 3.8) is 0 Å². The first kappa shape index (κ1) is 40.6. The molecule has 6 N–H and O–H groups in total. The summed E-state index contributed by atoms with van der Waals surface area (Å²) in [5.41, 5.74) is -0.185. The maximum absolute atomic E-state index is 14.2. The van der Waals surface area contributed by atoms with Crippen molar-refractivity contribution in [2.24, 2.45) is 23.7 Å². The largest absolute Gasteiger partial charge is 0.462 e. The van der Waals surface area contributed by atoms with E-state index in [0.717, 1.165) is 18.4 Å². The fourth-order valence-electron chi connectivity index (χ4n) is 9.10. The highest BCUT2D eigenvalue weighted by Crippen LogP contribution is 2.48. The Morgan fingerprint density at radius 3 is 2.51 bits per heavy atom. The van der Waals surface area contributed by atoms with E-state index in [9.17, 15) is 35.4 Å². The molecule has 1 spiro atoms. The van der Waals surface area contributed by atoms with E-state index in [0.29, 0.717) is 42.7 Å². The summed E-state index contributed by atoms with van der Waals surface area (Å²) in [6.07, 6.45) is 1.19. The minimum atomic E-state index is -1.87. The van der Waals surface area contributed by atoms with Gasteiger partial charge in [-0.3, -0.25) is 4.79 Å². The molecular weight excluding hydrogens is 688 g/mol. The molecule has 2 bridgehead atoms. The number of aliphatic hydroxyl groups is 6. The molecule has 0 aromatic rings. The first-order valence-electron chi connectivity index (χ1n) is 19.4. The van der Waals surface area contributed by atoms with Gasteiger partial charge in [0.05, 0.1) is 31.5 Å². The van der Waals surface area contributed by atoms with Gasteiger partial charge in [0.1, 0.15) is 54.2 Å². The third kappa shape index (κ3) is 7.86. The van der Waals surface area contributed by atoms with Gasteiger partial charge >= 0.3 is 5.97 Å². The van der Waals surface area contributed by atoms with E-state index in [4.69, 9.17) is 28.4 Å². The molecule has 5 heterocycles. The van der Waals surface area contributed by atoms with Crippen LogP contribution in [0.3, 0.4) is 0 Å². The number of esters is 1. The van der Waals surface area contributed by atoms with Crippen molar-refractivity contribution in [2.75, 3.05) is 13.2 Å². The lowest BCUT2D eigenvalue weighted by atomic mass is 9.71. The normalized spacial score (nSPS) is 49.8. The van der Waals surface area contributed by atoms with Crippen LogP contribution >= 0.6 is 0 Å². The molecule has 0 aromatic heterocycles. The van der Waals surface area contributed by atoms with E-state index in [1.165, 1.54) is 0 Å². The SMILES string of the molecule is CC[C@H](C)[C@H]1O[C@]2(CC[C@@H]1C)C[C@@H]1C[C@@H](C/C=C(\C)[C@@H](OC3OC(CO)C(O)C(O)C3O)[C@@H](C)/C=C/C=C3\CO[C@@H]4C(O)C(C)=CC(C(=O)O1)[C@]34O)O2. The molecule has 13 heteroatoms. The molecule has 6 rings (SSSR count). The number of aliphatic hydroxyl groups excluding tert-OH is 5. The molecule has 6 aliphatic rings. The van der Waals surface area contributed by atoms with E-state index in [-0.39, 0.29) is 24.5 Å². The van der Waals surface area contributed by atoms with Crippen molar-refractivity contribution in [3.05, 3.63) is 47.1 Å². The average Bonchev–Trinajstić information content (AvgIpc) is 3.47. The highest BCUT2D eigenvalue weighted by Gasteiger charge is 2.60. The maximum Gasteiger partial charge on any atom is 0.316 e. The van der Waals surface area contributed by atoms with Gasteiger partial charge in [0.2, 0.25) is 0 Å². The van der Waals surface area contributed by atoms with Crippen LogP contribution in [-0.4, -0.2) is 129 Å². The monoisotopic (exact) mass is 748 g/mol. The Morgan fingerprint density at radius 1 is 1.04 bits per heavy atom. The highest BCUT2D eigenvalue weighted by atomic mass is 16.7. The Morgan fingerprint density at radius 2 is 1.79 bits per heavy atom. The van der Waals surface area contributed by atoms with Gasteiger partial charge in [-0.25, -0.2) is 0 Å². The lowest BCUT2D eigenvalue weighted by Gasteiger charge is -2.51.